The number of carbonyl (C=O) groups is 2. The molecule has 2 rings (SSSR count). The number of morpholine rings is 1. The fraction of sp³-hybridized carbons (Fsp3) is 0.765. The van der Waals surface area contributed by atoms with Gasteiger partial charge in [0.05, 0.1) is 20.3 Å². The molecular formula is C17H27NO4S. The Morgan fingerprint density at radius 3 is 2.78 bits per heavy atom. The predicted molar refractivity (Wildman–Crippen MR) is 91.3 cm³/mol. The maximum atomic E-state index is 12.6. The lowest BCUT2D eigenvalue weighted by Crippen LogP contribution is -2.42. The number of esters is 1. The molecule has 1 aliphatic carbocycles. The molecule has 0 aromatic rings. The van der Waals surface area contributed by atoms with Crippen LogP contribution in [0, 0.1) is 11.8 Å². The summed E-state index contributed by atoms with van der Waals surface area (Å²) in [5.74, 6) is -0.0949. The van der Waals surface area contributed by atoms with Gasteiger partial charge in [-0.2, -0.15) is 11.8 Å². The van der Waals surface area contributed by atoms with E-state index in [1.165, 1.54) is 7.11 Å². The lowest BCUT2D eigenvalue weighted by molar-refractivity contribution is -0.151. The highest BCUT2D eigenvalue weighted by molar-refractivity contribution is 7.99. The van der Waals surface area contributed by atoms with Gasteiger partial charge in [0.2, 0.25) is 0 Å². The molecular weight excluding hydrogens is 314 g/mol. The van der Waals surface area contributed by atoms with Crippen LogP contribution in [0.3, 0.4) is 0 Å². The standard InChI is InChI=1S/C17H27NO4S/c1-4-23-12(2)9-13-10-14(18-5-7-22-8-6-18)11-15(19)16(13)17(20)21-3/h11-13,16H,4-10H2,1-3H3/t12-,13+,16-/m1/s1. The number of nitrogens with zero attached hydrogens (tertiary/aromatic N) is 1. The van der Waals surface area contributed by atoms with E-state index in [0.717, 1.165) is 37.4 Å². The van der Waals surface area contributed by atoms with E-state index in [0.29, 0.717) is 18.5 Å². The molecule has 0 radical (unpaired) electrons. The summed E-state index contributed by atoms with van der Waals surface area (Å²) in [6.45, 7) is 7.31. The third kappa shape index (κ3) is 4.73. The second-order valence-corrected chi connectivity index (χ2v) is 7.82. The van der Waals surface area contributed by atoms with Crippen LogP contribution >= 0.6 is 11.8 Å². The zero-order valence-electron chi connectivity index (χ0n) is 14.2. The molecule has 0 aromatic carbocycles. The quantitative estimate of drug-likeness (QED) is 0.545. The second-order valence-electron chi connectivity index (χ2n) is 6.10. The lowest BCUT2D eigenvalue weighted by Gasteiger charge is -2.37. The molecule has 130 valence electrons. The van der Waals surface area contributed by atoms with Crippen molar-refractivity contribution < 1.29 is 19.1 Å². The summed E-state index contributed by atoms with van der Waals surface area (Å²) in [4.78, 5) is 26.9. The molecule has 1 saturated heterocycles. The van der Waals surface area contributed by atoms with Gasteiger partial charge >= 0.3 is 5.97 Å². The zero-order valence-corrected chi connectivity index (χ0v) is 15.1. The number of methoxy groups -OCH3 is 1. The van der Waals surface area contributed by atoms with Crippen LogP contribution in [0.1, 0.15) is 26.7 Å². The molecule has 23 heavy (non-hydrogen) atoms. The van der Waals surface area contributed by atoms with Crippen molar-refractivity contribution in [2.75, 3.05) is 39.2 Å². The van der Waals surface area contributed by atoms with E-state index in [9.17, 15) is 9.59 Å². The molecule has 5 nitrogen and oxygen atoms in total. The molecule has 3 atom stereocenters. The monoisotopic (exact) mass is 341 g/mol. The number of rotatable bonds is 6. The number of hydrogen-bond acceptors (Lipinski definition) is 6. The molecule has 1 heterocycles. The smallest absolute Gasteiger partial charge is 0.316 e. The van der Waals surface area contributed by atoms with Crippen LogP contribution < -0.4 is 0 Å². The Morgan fingerprint density at radius 1 is 1.48 bits per heavy atom. The highest BCUT2D eigenvalue weighted by atomic mass is 32.2. The molecule has 1 fully saturated rings. The first-order valence-electron chi connectivity index (χ1n) is 8.33. The molecule has 6 heteroatoms. The van der Waals surface area contributed by atoms with E-state index in [4.69, 9.17) is 9.47 Å². The Hall–Kier alpha value is -1.01. The van der Waals surface area contributed by atoms with Crippen LogP contribution in [0.2, 0.25) is 0 Å². The molecule has 2 aliphatic rings. The number of ketones is 1. The van der Waals surface area contributed by atoms with Gasteiger partial charge in [-0.05, 0) is 24.5 Å². The maximum Gasteiger partial charge on any atom is 0.316 e. The average molecular weight is 341 g/mol. The molecule has 0 spiro atoms. The van der Waals surface area contributed by atoms with Gasteiger partial charge in [-0.25, -0.2) is 0 Å². The number of hydrogen-bond donors (Lipinski definition) is 0. The first-order valence-corrected chi connectivity index (χ1v) is 9.38. The van der Waals surface area contributed by atoms with Crippen LogP contribution in [-0.2, 0) is 19.1 Å². The zero-order chi connectivity index (χ0) is 16.8. The molecule has 1 aliphatic heterocycles. The fourth-order valence-corrected chi connectivity index (χ4v) is 4.39. The van der Waals surface area contributed by atoms with Crippen LogP contribution in [0.15, 0.2) is 11.8 Å². The van der Waals surface area contributed by atoms with Crippen LogP contribution in [0.5, 0.6) is 0 Å². The van der Waals surface area contributed by atoms with Crippen LogP contribution in [0.25, 0.3) is 0 Å². The van der Waals surface area contributed by atoms with E-state index < -0.39 is 11.9 Å². The summed E-state index contributed by atoms with van der Waals surface area (Å²) in [7, 11) is 1.36. The van der Waals surface area contributed by atoms with Gasteiger partial charge in [-0.15, -0.1) is 0 Å². The van der Waals surface area contributed by atoms with Crippen molar-refractivity contribution in [2.24, 2.45) is 11.8 Å². The van der Waals surface area contributed by atoms with E-state index >= 15 is 0 Å². The van der Waals surface area contributed by atoms with Crippen LogP contribution in [-0.4, -0.2) is 61.1 Å². The summed E-state index contributed by atoms with van der Waals surface area (Å²) in [6, 6.07) is 0. The van der Waals surface area contributed by atoms with Crippen molar-refractivity contribution in [1.29, 1.82) is 0 Å². The topological polar surface area (TPSA) is 55.8 Å². The van der Waals surface area contributed by atoms with Crippen molar-refractivity contribution in [3.63, 3.8) is 0 Å². The number of carbonyl (C=O) groups excluding carboxylic acids is 2. The Balaban J connectivity index is 2.15. The fourth-order valence-electron chi connectivity index (χ4n) is 3.44. The van der Waals surface area contributed by atoms with Gasteiger partial charge in [0.25, 0.3) is 0 Å². The Bertz CT molecular complexity index is 460. The van der Waals surface area contributed by atoms with Crippen molar-refractivity contribution >= 4 is 23.5 Å². The van der Waals surface area contributed by atoms with Crippen LogP contribution in [0.4, 0.5) is 0 Å². The molecule has 0 unspecified atom stereocenters. The summed E-state index contributed by atoms with van der Waals surface area (Å²) in [5, 5.41) is 0.425. The molecule has 0 aromatic heterocycles. The molecule has 0 amide bonds. The third-order valence-corrected chi connectivity index (χ3v) is 5.61. The van der Waals surface area contributed by atoms with Gasteiger partial charge in [0.1, 0.15) is 5.92 Å². The van der Waals surface area contributed by atoms with Gasteiger partial charge in [-0.3, -0.25) is 9.59 Å². The van der Waals surface area contributed by atoms with Gasteiger partial charge in [0.15, 0.2) is 5.78 Å². The number of allylic oxidation sites excluding steroid dienone is 2. The first-order chi connectivity index (χ1) is 11.1. The highest BCUT2D eigenvalue weighted by Gasteiger charge is 2.40. The Kier molecular flexibility index (Phi) is 6.96. The van der Waals surface area contributed by atoms with Gasteiger partial charge in [-0.1, -0.05) is 13.8 Å². The predicted octanol–water partition coefficient (Wildman–Crippen LogP) is 2.11. The lowest BCUT2D eigenvalue weighted by atomic mass is 9.77. The minimum absolute atomic E-state index is 0.0202. The molecule has 0 bridgehead atoms. The first kappa shape index (κ1) is 18.3. The Morgan fingerprint density at radius 2 is 2.17 bits per heavy atom. The summed E-state index contributed by atoms with van der Waals surface area (Å²) >= 11 is 1.87. The van der Waals surface area contributed by atoms with Crippen molar-refractivity contribution in [1.82, 2.24) is 4.90 Å². The van der Waals surface area contributed by atoms with E-state index in [-0.39, 0.29) is 11.7 Å². The van der Waals surface area contributed by atoms with Gasteiger partial charge < -0.3 is 14.4 Å². The summed E-state index contributed by atoms with van der Waals surface area (Å²) in [6.07, 6.45) is 3.27. The van der Waals surface area contributed by atoms with Crippen molar-refractivity contribution in [3.05, 3.63) is 11.8 Å². The van der Waals surface area contributed by atoms with Crippen molar-refractivity contribution in [2.45, 2.75) is 31.9 Å². The normalized spacial score (nSPS) is 26.7. The minimum Gasteiger partial charge on any atom is -0.468 e. The highest BCUT2D eigenvalue weighted by Crippen LogP contribution is 2.35. The Labute approximate surface area is 142 Å². The summed E-state index contributed by atoms with van der Waals surface area (Å²) in [5.41, 5.74) is 1.05. The second kappa shape index (κ2) is 8.73. The van der Waals surface area contributed by atoms with E-state index in [1.54, 1.807) is 6.08 Å². The maximum absolute atomic E-state index is 12.6. The number of ether oxygens (including phenoxy) is 2. The van der Waals surface area contributed by atoms with Gasteiger partial charge in [0, 0.05) is 30.1 Å². The van der Waals surface area contributed by atoms with E-state index in [2.05, 4.69) is 18.7 Å². The van der Waals surface area contributed by atoms with Crippen molar-refractivity contribution in [3.8, 4) is 0 Å². The molecule has 0 saturated carbocycles. The average Bonchev–Trinajstić information content (AvgIpc) is 2.55. The number of thioether (sulfide) groups is 1. The minimum atomic E-state index is -0.648. The molecule has 0 N–H and O–H groups in total. The third-order valence-electron chi connectivity index (χ3n) is 4.52. The SMILES string of the molecule is CCS[C@H](C)C[C@H]1CC(N2CCOCC2)=CC(=O)[C@@H]1C(=O)OC. The largest absolute Gasteiger partial charge is 0.468 e. The van der Waals surface area contributed by atoms with E-state index in [1.807, 2.05) is 11.8 Å². The summed E-state index contributed by atoms with van der Waals surface area (Å²) < 4.78 is 10.3.